The van der Waals surface area contributed by atoms with E-state index in [1.165, 1.54) is 11.0 Å². The van der Waals surface area contributed by atoms with Crippen LogP contribution in [0, 0.1) is 5.82 Å². The largest absolute Gasteiger partial charge is 0.489 e. The van der Waals surface area contributed by atoms with Crippen LogP contribution in [-0.2, 0) is 4.79 Å². The third kappa shape index (κ3) is 5.33. The van der Waals surface area contributed by atoms with Crippen molar-refractivity contribution in [2.45, 2.75) is 0 Å². The molecular formula is C12H18ClFN2O2. The smallest absolute Gasteiger partial charge is 0.236 e. The monoisotopic (exact) mass is 276 g/mol. The Bertz CT molecular complexity index is 377. The number of rotatable bonds is 6. The van der Waals surface area contributed by atoms with E-state index in [0.29, 0.717) is 6.54 Å². The molecule has 1 N–H and O–H groups in total. The van der Waals surface area contributed by atoms with E-state index in [4.69, 9.17) is 4.74 Å². The van der Waals surface area contributed by atoms with Crippen molar-refractivity contribution in [3.8, 4) is 5.75 Å². The average Bonchev–Trinajstić information content (AvgIpc) is 2.31. The van der Waals surface area contributed by atoms with Crippen molar-refractivity contribution >= 4 is 18.3 Å². The van der Waals surface area contributed by atoms with Crippen LogP contribution in [0.2, 0.25) is 0 Å². The van der Waals surface area contributed by atoms with Gasteiger partial charge in [-0.3, -0.25) is 4.79 Å². The van der Waals surface area contributed by atoms with Gasteiger partial charge in [0.2, 0.25) is 5.91 Å². The Morgan fingerprint density at radius 2 is 2.11 bits per heavy atom. The van der Waals surface area contributed by atoms with Crippen LogP contribution in [-0.4, -0.2) is 44.6 Å². The fourth-order valence-electron chi connectivity index (χ4n) is 1.27. The van der Waals surface area contributed by atoms with Gasteiger partial charge in [-0.2, -0.15) is 0 Å². The van der Waals surface area contributed by atoms with E-state index >= 15 is 0 Å². The van der Waals surface area contributed by atoms with Crippen LogP contribution in [0.15, 0.2) is 24.3 Å². The Morgan fingerprint density at radius 3 is 2.72 bits per heavy atom. The van der Waals surface area contributed by atoms with Crippen molar-refractivity contribution in [3.63, 3.8) is 0 Å². The molecule has 0 spiro atoms. The minimum Gasteiger partial charge on any atom is -0.489 e. The Morgan fingerprint density at radius 1 is 1.44 bits per heavy atom. The van der Waals surface area contributed by atoms with Crippen molar-refractivity contribution in [1.82, 2.24) is 10.2 Å². The Balaban J connectivity index is 0.00000289. The summed E-state index contributed by atoms with van der Waals surface area (Å²) in [5.41, 5.74) is 0. The van der Waals surface area contributed by atoms with Crippen LogP contribution >= 0.6 is 12.4 Å². The van der Waals surface area contributed by atoms with Crippen LogP contribution in [0.25, 0.3) is 0 Å². The maximum absolute atomic E-state index is 13.2. The van der Waals surface area contributed by atoms with Crippen LogP contribution in [0.1, 0.15) is 0 Å². The quantitative estimate of drug-likeness (QED) is 0.852. The molecule has 0 unspecified atom stereocenters. The molecule has 6 heteroatoms. The highest BCUT2D eigenvalue weighted by Crippen LogP contribution is 2.14. The summed E-state index contributed by atoms with van der Waals surface area (Å²) in [7, 11) is 3.39. The Kier molecular flexibility index (Phi) is 8.07. The minimum atomic E-state index is -0.392. The van der Waals surface area contributed by atoms with Gasteiger partial charge in [0, 0.05) is 7.05 Å². The number of nitrogens with zero attached hydrogens (tertiary/aromatic N) is 1. The zero-order valence-corrected chi connectivity index (χ0v) is 11.3. The van der Waals surface area contributed by atoms with E-state index < -0.39 is 5.82 Å². The molecule has 18 heavy (non-hydrogen) atoms. The highest BCUT2D eigenvalue weighted by atomic mass is 35.5. The molecule has 0 aliphatic rings. The lowest BCUT2D eigenvalue weighted by Crippen LogP contribution is -2.36. The van der Waals surface area contributed by atoms with E-state index in [-0.39, 0.29) is 37.2 Å². The third-order valence-corrected chi connectivity index (χ3v) is 2.27. The molecule has 4 nitrogen and oxygen atoms in total. The van der Waals surface area contributed by atoms with Crippen LogP contribution in [0.4, 0.5) is 4.39 Å². The fraction of sp³-hybridized carbons (Fsp3) is 0.417. The predicted octanol–water partition coefficient (Wildman–Crippen LogP) is 1.30. The molecule has 0 fully saturated rings. The van der Waals surface area contributed by atoms with Crippen molar-refractivity contribution in [2.24, 2.45) is 0 Å². The highest BCUT2D eigenvalue weighted by molar-refractivity contribution is 5.85. The van der Waals surface area contributed by atoms with Gasteiger partial charge in [-0.1, -0.05) is 12.1 Å². The van der Waals surface area contributed by atoms with Gasteiger partial charge in [-0.25, -0.2) is 4.39 Å². The first kappa shape index (κ1) is 16.7. The van der Waals surface area contributed by atoms with Gasteiger partial charge in [0.25, 0.3) is 0 Å². The third-order valence-electron chi connectivity index (χ3n) is 2.27. The Labute approximate surface area is 113 Å². The minimum absolute atomic E-state index is 0. The summed E-state index contributed by atoms with van der Waals surface area (Å²) in [5, 5.41) is 2.77. The molecular weight excluding hydrogens is 259 g/mol. The topological polar surface area (TPSA) is 41.6 Å². The number of likely N-dealkylation sites (N-methyl/N-ethyl adjacent to an activating group) is 2. The van der Waals surface area contributed by atoms with E-state index in [2.05, 4.69) is 5.32 Å². The number of amides is 1. The molecule has 0 aliphatic heterocycles. The maximum Gasteiger partial charge on any atom is 0.236 e. The zero-order chi connectivity index (χ0) is 12.7. The van der Waals surface area contributed by atoms with E-state index in [1.54, 1.807) is 32.3 Å². The second-order valence-electron chi connectivity index (χ2n) is 3.62. The van der Waals surface area contributed by atoms with Gasteiger partial charge in [0.1, 0.15) is 6.61 Å². The first-order valence-electron chi connectivity index (χ1n) is 5.41. The van der Waals surface area contributed by atoms with Crippen molar-refractivity contribution < 1.29 is 13.9 Å². The lowest BCUT2D eigenvalue weighted by molar-refractivity contribution is -0.129. The molecule has 0 aromatic heterocycles. The van der Waals surface area contributed by atoms with Gasteiger partial charge in [0.15, 0.2) is 11.6 Å². The van der Waals surface area contributed by atoms with E-state index in [9.17, 15) is 9.18 Å². The number of halogens is 2. The number of carbonyl (C=O) groups excluding carboxylic acids is 1. The first-order chi connectivity index (χ1) is 8.15. The second-order valence-corrected chi connectivity index (χ2v) is 3.62. The van der Waals surface area contributed by atoms with Crippen molar-refractivity contribution in [1.29, 1.82) is 0 Å². The van der Waals surface area contributed by atoms with Crippen LogP contribution < -0.4 is 10.1 Å². The van der Waals surface area contributed by atoms with Gasteiger partial charge < -0.3 is 15.0 Å². The van der Waals surface area contributed by atoms with Gasteiger partial charge in [-0.05, 0) is 19.2 Å². The molecule has 0 radical (unpaired) electrons. The van der Waals surface area contributed by atoms with Crippen molar-refractivity contribution in [3.05, 3.63) is 30.1 Å². The molecule has 1 amide bonds. The summed E-state index contributed by atoms with van der Waals surface area (Å²) < 4.78 is 18.4. The van der Waals surface area contributed by atoms with Gasteiger partial charge >= 0.3 is 0 Å². The SMILES string of the molecule is CNCC(=O)N(C)CCOc1ccccc1F.Cl. The second kappa shape index (κ2) is 8.72. The molecule has 102 valence electrons. The lowest BCUT2D eigenvalue weighted by atomic mass is 10.3. The van der Waals surface area contributed by atoms with Gasteiger partial charge in [0.05, 0.1) is 13.1 Å². The Hall–Kier alpha value is -1.33. The molecule has 1 aromatic carbocycles. The molecule has 1 rings (SSSR count). The van der Waals surface area contributed by atoms with E-state index in [0.717, 1.165) is 0 Å². The van der Waals surface area contributed by atoms with Gasteiger partial charge in [-0.15, -0.1) is 12.4 Å². The molecule has 0 atom stereocenters. The number of hydrogen-bond acceptors (Lipinski definition) is 3. The summed E-state index contributed by atoms with van der Waals surface area (Å²) in [4.78, 5) is 12.9. The maximum atomic E-state index is 13.2. The summed E-state index contributed by atoms with van der Waals surface area (Å²) in [5.74, 6) is -0.205. The summed E-state index contributed by atoms with van der Waals surface area (Å²) in [6, 6.07) is 6.20. The normalized spacial score (nSPS) is 9.50. The van der Waals surface area contributed by atoms with Crippen molar-refractivity contribution in [2.75, 3.05) is 33.8 Å². The van der Waals surface area contributed by atoms with Crippen LogP contribution in [0.3, 0.4) is 0 Å². The molecule has 0 bridgehead atoms. The summed E-state index contributed by atoms with van der Waals surface area (Å²) in [6.45, 7) is 0.984. The molecule has 0 saturated carbocycles. The number of para-hydroxylation sites is 1. The molecule has 0 aliphatic carbocycles. The average molecular weight is 277 g/mol. The molecule has 0 saturated heterocycles. The van der Waals surface area contributed by atoms with E-state index in [1.807, 2.05) is 0 Å². The fourth-order valence-corrected chi connectivity index (χ4v) is 1.27. The number of hydrogen-bond donors (Lipinski definition) is 1. The highest BCUT2D eigenvalue weighted by Gasteiger charge is 2.07. The number of benzene rings is 1. The molecule has 1 aromatic rings. The molecule has 0 heterocycles. The summed E-state index contributed by atoms with van der Waals surface area (Å²) in [6.07, 6.45) is 0. The standard InChI is InChI=1S/C12H17FN2O2.ClH/c1-14-9-12(16)15(2)7-8-17-11-6-4-3-5-10(11)13;/h3-6,14H,7-9H2,1-2H3;1H. The predicted molar refractivity (Wildman–Crippen MR) is 70.7 cm³/mol. The summed E-state index contributed by atoms with van der Waals surface area (Å²) >= 11 is 0. The number of ether oxygens (including phenoxy) is 1. The zero-order valence-electron chi connectivity index (χ0n) is 10.5. The number of carbonyl (C=O) groups is 1. The lowest BCUT2D eigenvalue weighted by Gasteiger charge is -2.17. The first-order valence-corrected chi connectivity index (χ1v) is 5.41. The number of nitrogens with one attached hydrogen (secondary N) is 1. The van der Waals surface area contributed by atoms with Crippen LogP contribution in [0.5, 0.6) is 5.75 Å².